The van der Waals surface area contributed by atoms with Crippen LogP contribution in [0, 0.1) is 11.6 Å². The topological polar surface area (TPSA) is 52.6 Å². The zero-order valence-electron chi connectivity index (χ0n) is 11.4. The van der Waals surface area contributed by atoms with Gasteiger partial charge in [0.2, 0.25) is 0 Å². The monoisotopic (exact) mass is 362 g/mol. The smallest absolute Gasteiger partial charge is 0.259 e. The lowest BCUT2D eigenvalue weighted by Gasteiger charge is -2.25. The number of amides is 1. The number of carbonyl (C=O) groups is 1. The van der Waals surface area contributed by atoms with E-state index >= 15 is 0 Å². The van der Waals surface area contributed by atoms with Crippen molar-refractivity contribution in [2.45, 2.75) is 18.9 Å². The summed E-state index contributed by atoms with van der Waals surface area (Å²) in [4.78, 5) is 13.7. The third kappa shape index (κ3) is 3.99. The maximum atomic E-state index is 13.9. The molecule has 1 aliphatic heterocycles. The number of rotatable bonds is 5. The normalized spacial score (nSPS) is 18.0. The molecule has 116 valence electrons. The van der Waals surface area contributed by atoms with Crippen LogP contribution >= 0.6 is 15.9 Å². The lowest BCUT2D eigenvalue weighted by molar-refractivity contribution is 0.0696. The molecule has 0 saturated carbocycles. The first-order valence-electron chi connectivity index (χ1n) is 6.81. The van der Waals surface area contributed by atoms with Crippen LogP contribution in [-0.2, 0) is 0 Å². The van der Waals surface area contributed by atoms with Gasteiger partial charge in [-0.3, -0.25) is 4.79 Å². The molecule has 1 unspecified atom stereocenters. The molecule has 0 bridgehead atoms. The SMILES string of the molecule is O=C(c1c(F)cc(Br)cc1F)N(CCO)CC1CCCN1. The van der Waals surface area contributed by atoms with Gasteiger partial charge < -0.3 is 15.3 Å². The molecule has 1 aromatic rings. The second kappa shape index (κ2) is 7.29. The van der Waals surface area contributed by atoms with Crippen molar-refractivity contribution in [1.82, 2.24) is 10.2 Å². The highest BCUT2D eigenvalue weighted by Gasteiger charge is 2.26. The van der Waals surface area contributed by atoms with Gasteiger partial charge in [0, 0.05) is 23.6 Å². The molecule has 1 aromatic carbocycles. The van der Waals surface area contributed by atoms with Crippen molar-refractivity contribution in [3.05, 3.63) is 33.8 Å². The molecule has 2 N–H and O–H groups in total. The van der Waals surface area contributed by atoms with Gasteiger partial charge in [-0.1, -0.05) is 15.9 Å². The van der Waals surface area contributed by atoms with Crippen LogP contribution in [0.2, 0.25) is 0 Å². The fourth-order valence-corrected chi connectivity index (χ4v) is 2.88. The standard InChI is InChI=1S/C14H17BrF2N2O2/c15-9-6-11(16)13(12(17)7-9)14(21)19(4-5-20)8-10-2-1-3-18-10/h6-7,10,18,20H,1-5,8H2. The maximum Gasteiger partial charge on any atom is 0.259 e. The van der Waals surface area contributed by atoms with E-state index in [4.69, 9.17) is 5.11 Å². The minimum atomic E-state index is -0.908. The van der Waals surface area contributed by atoms with Gasteiger partial charge in [0.25, 0.3) is 5.91 Å². The van der Waals surface area contributed by atoms with E-state index in [1.807, 2.05) is 0 Å². The fraction of sp³-hybridized carbons (Fsp3) is 0.500. The Morgan fingerprint density at radius 1 is 1.43 bits per heavy atom. The molecule has 4 nitrogen and oxygen atoms in total. The first-order valence-corrected chi connectivity index (χ1v) is 7.60. The van der Waals surface area contributed by atoms with Crippen LogP contribution in [0.5, 0.6) is 0 Å². The van der Waals surface area contributed by atoms with E-state index in [-0.39, 0.29) is 23.7 Å². The average Bonchev–Trinajstić information content (AvgIpc) is 2.89. The molecule has 1 heterocycles. The van der Waals surface area contributed by atoms with E-state index in [0.717, 1.165) is 31.5 Å². The quantitative estimate of drug-likeness (QED) is 0.841. The van der Waals surface area contributed by atoms with Crippen LogP contribution < -0.4 is 5.32 Å². The van der Waals surface area contributed by atoms with Crippen molar-refractivity contribution in [2.24, 2.45) is 0 Å². The summed E-state index contributed by atoms with van der Waals surface area (Å²) < 4.78 is 28.0. The number of hydrogen-bond acceptors (Lipinski definition) is 3. The van der Waals surface area contributed by atoms with E-state index < -0.39 is 23.1 Å². The van der Waals surface area contributed by atoms with E-state index in [0.29, 0.717) is 6.54 Å². The molecule has 1 fully saturated rings. The zero-order chi connectivity index (χ0) is 15.4. The highest BCUT2D eigenvalue weighted by atomic mass is 79.9. The molecule has 0 aliphatic carbocycles. The molecular weight excluding hydrogens is 346 g/mol. The summed E-state index contributed by atoms with van der Waals surface area (Å²) in [5.74, 6) is -2.55. The second-order valence-electron chi connectivity index (χ2n) is 5.01. The van der Waals surface area contributed by atoms with Crippen LogP contribution in [0.1, 0.15) is 23.2 Å². The second-order valence-corrected chi connectivity index (χ2v) is 5.93. The van der Waals surface area contributed by atoms with Crippen molar-refractivity contribution < 1.29 is 18.7 Å². The Bertz CT molecular complexity index is 499. The Morgan fingerprint density at radius 2 is 2.10 bits per heavy atom. The molecule has 0 aromatic heterocycles. The number of aliphatic hydroxyl groups is 1. The number of hydrogen-bond donors (Lipinski definition) is 2. The molecule has 1 saturated heterocycles. The predicted octanol–water partition coefficient (Wildman–Crippen LogP) is 1.91. The third-order valence-corrected chi connectivity index (χ3v) is 3.94. The van der Waals surface area contributed by atoms with Crippen molar-refractivity contribution >= 4 is 21.8 Å². The predicted molar refractivity (Wildman–Crippen MR) is 78.1 cm³/mol. The van der Waals surface area contributed by atoms with Crippen molar-refractivity contribution in [3.8, 4) is 0 Å². The highest BCUT2D eigenvalue weighted by molar-refractivity contribution is 9.10. The van der Waals surface area contributed by atoms with Crippen LogP contribution in [0.25, 0.3) is 0 Å². The third-order valence-electron chi connectivity index (χ3n) is 3.48. The number of aliphatic hydroxyl groups excluding tert-OH is 1. The summed E-state index contributed by atoms with van der Waals surface area (Å²) in [6.07, 6.45) is 1.91. The van der Waals surface area contributed by atoms with Crippen LogP contribution in [0.4, 0.5) is 8.78 Å². The van der Waals surface area contributed by atoms with Crippen LogP contribution in [0.15, 0.2) is 16.6 Å². The molecule has 1 atom stereocenters. The molecule has 2 rings (SSSR count). The average molecular weight is 363 g/mol. The van der Waals surface area contributed by atoms with E-state index in [9.17, 15) is 13.6 Å². The largest absolute Gasteiger partial charge is 0.395 e. The Morgan fingerprint density at radius 3 is 2.62 bits per heavy atom. The molecule has 1 aliphatic rings. The number of carbonyl (C=O) groups excluding carboxylic acids is 1. The molecule has 0 radical (unpaired) electrons. The molecule has 1 amide bonds. The van der Waals surface area contributed by atoms with Gasteiger partial charge in [-0.25, -0.2) is 8.78 Å². The lowest BCUT2D eigenvalue weighted by Crippen LogP contribution is -2.43. The molecule has 21 heavy (non-hydrogen) atoms. The number of nitrogens with one attached hydrogen (secondary N) is 1. The van der Waals surface area contributed by atoms with Crippen molar-refractivity contribution in [2.75, 3.05) is 26.2 Å². The van der Waals surface area contributed by atoms with Gasteiger partial charge in [-0.05, 0) is 31.5 Å². The summed E-state index contributed by atoms with van der Waals surface area (Å²) in [7, 11) is 0. The van der Waals surface area contributed by atoms with Gasteiger partial charge >= 0.3 is 0 Å². The van der Waals surface area contributed by atoms with E-state index in [1.165, 1.54) is 4.90 Å². The summed E-state index contributed by atoms with van der Waals surface area (Å²) in [6.45, 7) is 0.991. The first kappa shape index (κ1) is 16.3. The van der Waals surface area contributed by atoms with Gasteiger partial charge in [-0.2, -0.15) is 0 Å². The van der Waals surface area contributed by atoms with Gasteiger partial charge in [0.15, 0.2) is 0 Å². The lowest BCUT2D eigenvalue weighted by atomic mass is 10.1. The number of benzene rings is 1. The first-order chi connectivity index (χ1) is 10.0. The summed E-state index contributed by atoms with van der Waals surface area (Å²) in [5.41, 5.74) is -0.579. The fourth-order valence-electron chi connectivity index (χ4n) is 2.48. The number of halogens is 3. The molecule has 7 heteroatoms. The summed E-state index contributed by atoms with van der Waals surface area (Å²) >= 11 is 2.98. The Labute approximate surface area is 130 Å². The van der Waals surface area contributed by atoms with Gasteiger partial charge in [0.05, 0.1) is 6.61 Å². The van der Waals surface area contributed by atoms with E-state index in [1.54, 1.807) is 0 Å². The highest BCUT2D eigenvalue weighted by Crippen LogP contribution is 2.21. The number of nitrogens with zero attached hydrogens (tertiary/aromatic N) is 1. The van der Waals surface area contributed by atoms with Gasteiger partial charge in [-0.15, -0.1) is 0 Å². The van der Waals surface area contributed by atoms with Crippen molar-refractivity contribution in [1.29, 1.82) is 0 Å². The Hall–Kier alpha value is -1.05. The summed E-state index contributed by atoms with van der Waals surface area (Å²) in [6, 6.07) is 2.21. The Kier molecular flexibility index (Phi) is 5.66. The molecular formula is C14H17BrF2N2O2. The summed E-state index contributed by atoms with van der Waals surface area (Å²) in [5, 5.41) is 12.3. The van der Waals surface area contributed by atoms with Crippen LogP contribution in [0.3, 0.4) is 0 Å². The molecule has 0 spiro atoms. The van der Waals surface area contributed by atoms with Crippen molar-refractivity contribution in [3.63, 3.8) is 0 Å². The van der Waals surface area contributed by atoms with Crippen LogP contribution in [-0.4, -0.2) is 48.2 Å². The Balaban J connectivity index is 2.21. The van der Waals surface area contributed by atoms with E-state index in [2.05, 4.69) is 21.2 Å². The zero-order valence-corrected chi connectivity index (χ0v) is 13.0. The minimum absolute atomic E-state index is 0.0476. The van der Waals surface area contributed by atoms with Gasteiger partial charge in [0.1, 0.15) is 17.2 Å². The maximum absolute atomic E-state index is 13.9. The minimum Gasteiger partial charge on any atom is -0.395 e.